The largest absolute Gasteiger partial charge is 0.486 e. The van der Waals surface area contributed by atoms with E-state index in [2.05, 4.69) is 34.2 Å². The van der Waals surface area contributed by atoms with Crippen molar-refractivity contribution in [2.24, 2.45) is 0 Å². The predicted octanol–water partition coefficient (Wildman–Crippen LogP) is 3.99. The van der Waals surface area contributed by atoms with Crippen LogP contribution in [0.15, 0.2) is 10.5 Å². The van der Waals surface area contributed by atoms with Gasteiger partial charge in [0, 0.05) is 16.1 Å². The highest BCUT2D eigenvalue weighted by Gasteiger charge is 2.28. The summed E-state index contributed by atoms with van der Waals surface area (Å²) in [6, 6.07) is 2.47. The Bertz CT molecular complexity index is 490. The maximum absolute atomic E-state index is 5.96. The summed E-state index contributed by atoms with van der Waals surface area (Å²) < 4.78 is 12.9. The molecule has 1 aromatic rings. The summed E-state index contributed by atoms with van der Waals surface area (Å²) in [5, 5.41) is 3.69. The van der Waals surface area contributed by atoms with Crippen LogP contribution in [0.2, 0.25) is 0 Å². The summed E-state index contributed by atoms with van der Waals surface area (Å²) in [5.74, 6) is 1.87. The van der Waals surface area contributed by atoms with E-state index in [0.717, 1.165) is 30.9 Å². The minimum absolute atomic E-state index is 0.389. The van der Waals surface area contributed by atoms with Crippen LogP contribution >= 0.6 is 15.9 Å². The molecule has 0 amide bonds. The van der Waals surface area contributed by atoms with Gasteiger partial charge in [0.1, 0.15) is 13.2 Å². The number of halogens is 1. The van der Waals surface area contributed by atoms with Crippen LogP contribution in [-0.2, 0) is 6.42 Å². The van der Waals surface area contributed by atoms with Crippen LogP contribution in [-0.4, -0.2) is 19.8 Å². The molecule has 1 atom stereocenters. The molecule has 2 aliphatic rings. The maximum atomic E-state index is 5.96. The van der Waals surface area contributed by atoms with Gasteiger partial charge in [-0.15, -0.1) is 0 Å². The first kappa shape index (κ1) is 14.2. The van der Waals surface area contributed by atoms with Crippen molar-refractivity contribution in [1.29, 1.82) is 0 Å². The molecule has 1 N–H and O–H groups in total. The zero-order chi connectivity index (χ0) is 13.9. The third-order valence-electron chi connectivity index (χ3n) is 4.09. The monoisotopic (exact) mass is 339 g/mol. The maximum Gasteiger partial charge on any atom is 0.166 e. The van der Waals surface area contributed by atoms with Crippen LogP contribution in [0.25, 0.3) is 0 Å². The quantitative estimate of drug-likeness (QED) is 0.844. The lowest BCUT2D eigenvalue weighted by Gasteiger charge is -2.27. The van der Waals surface area contributed by atoms with Gasteiger partial charge in [-0.1, -0.05) is 29.3 Å². The van der Waals surface area contributed by atoms with Crippen molar-refractivity contribution in [3.05, 3.63) is 21.7 Å². The summed E-state index contributed by atoms with van der Waals surface area (Å²) in [5.41, 5.74) is 2.74. The van der Waals surface area contributed by atoms with Crippen LogP contribution < -0.4 is 14.8 Å². The molecule has 0 radical (unpaired) electrons. The normalized spacial score (nSPS) is 21.2. The topological polar surface area (TPSA) is 30.5 Å². The molecule has 0 saturated heterocycles. The Kier molecular flexibility index (Phi) is 4.51. The van der Waals surface area contributed by atoms with Gasteiger partial charge in [-0.3, -0.25) is 0 Å². The Hall–Kier alpha value is -0.740. The van der Waals surface area contributed by atoms with Gasteiger partial charge in [0.05, 0.1) is 0 Å². The van der Waals surface area contributed by atoms with E-state index >= 15 is 0 Å². The average molecular weight is 340 g/mol. The van der Waals surface area contributed by atoms with Crippen molar-refractivity contribution in [2.45, 2.75) is 45.1 Å². The fraction of sp³-hybridized carbons (Fsp3) is 0.625. The molecule has 4 heteroatoms. The SMILES string of the molecule is CCCNC1CCCCc2c(Br)cc3c(c21)OCCO3. The number of ether oxygens (including phenoxy) is 2. The summed E-state index contributed by atoms with van der Waals surface area (Å²) in [4.78, 5) is 0. The van der Waals surface area contributed by atoms with Crippen molar-refractivity contribution in [1.82, 2.24) is 5.32 Å². The molecule has 0 bridgehead atoms. The zero-order valence-electron chi connectivity index (χ0n) is 12.0. The van der Waals surface area contributed by atoms with Crippen LogP contribution in [0.4, 0.5) is 0 Å². The van der Waals surface area contributed by atoms with Gasteiger partial charge < -0.3 is 14.8 Å². The van der Waals surface area contributed by atoms with E-state index in [1.807, 2.05) is 0 Å². The van der Waals surface area contributed by atoms with E-state index in [9.17, 15) is 0 Å². The molecule has 0 spiro atoms. The Morgan fingerprint density at radius 3 is 3.00 bits per heavy atom. The van der Waals surface area contributed by atoms with E-state index in [4.69, 9.17) is 9.47 Å². The van der Waals surface area contributed by atoms with E-state index in [0.29, 0.717) is 19.3 Å². The number of fused-ring (bicyclic) bond motifs is 3. The zero-order valence-corrected chi connectivity index (χ0v) is 13.6. The second kappa shape index (κ2) is 6.35. The first-order valence-corrected chi connectivity index (χ1v) is 8.44. The molecule has 1 aliphatic carbocycles. The van der Waals surface area contributed by atoms with Gasteiger partial charge in [-0.25, -0.2) is 0 Å². The minimum atomic E-state index is 0.389. The first-order valence-electron chi connectivity index (χ1n) is 7.65. The molecule has 3 rings (SSSR count). The van der Waals surface area contributed by atoms with Crippen molar-refractivity contribution in [3.63, 3.8) is 0 Å². The highest BCUT2D eigenvalue weighted by Crippen LogP contribution is 2.46. The number of hydrogen-bond acceptors (Lipinski definition) is 3. The second-order valence-electron chi connectivity index (χ2n) is 5.53. The average Bonchev–Trinajstić information content (AvgIpc) is 2.68. The highest BCUT2D eigenvalue weighted by molar-refractivity contribution is 9.10. The minimum Gasteiger partial charge on any atom is -0.486 e. The van der Waals surface area contributed by atoms with Crippen molar-refractivity contribution in [3.8, 4) is 11.5 Å². The van der Waals surface area contributed by atoms with E-state index in [1.165, 1.54) is 34.9 Å². The molecule has 1 aliphatic heterocycles. The Morgan fingerprint density at radius 2 is 2.15 bits per heavy atom. The molecule has 0 saturated carbocycles. The van der Waals surface area contributed by atoms with Crippen molar-refractivity contribution in [2.75, 3.05) is 19.8 Å². The highest BCUT2D eigenvalue weighted by atomic mass is 79.9. The Balaban J connectivity index is 2.06. The van der Waals surface area contributed by atoms with Crippen molar-refractivity contribution < 1.29 is 9.47 Å². The Morgan fingerprint density at radius 1 is 1.30 bits per heavy atom. The molecular weight excluding hydrogens is 318 g/mol. The number of hydrogen-bond donors (Lipinski definition) is 1. The van der Waals surface area contributed by atoms with Crippen LogP contribution in [0.5, 0.6) is 11.5 Å². The third-order valence-corrected chi connectivity index (χ3v) is 4.79. The first-order chi connectivity index (χ1) is 9.81. The van der Waals surface area contributed by atoms with Gasteiger partial charge in [0.2, 0.25) is 0 Å². The number of rotatable bonds is 3. The van der Waals surface area contributed by atoms with Gasteiger partial charge in [0.15, 0.2) is 11.5 Å². The van der Waals surface area contributed by atoms with Gasteiger partial charge >= 0.3 is 0 Å². The summed E-state index contributed by atoms with van der Waals surface area (Å²) in [6.45, 7) is 4.56. The molecule has 0 aromatic heterocycles. The van der Waals surface area contributed by atoms with Gasteiger partial charge in [-0.05, 0) is 43.9 Å². The fourth-order valence-corrected chi connectivity index (χ4v) is 3.78. The molecule has 0 fully saturated rings. The lowest BCUT2D eigenvalue weighted by molar-refractivity contribution is 0.168. The standard InChI is InChI=1S/C16H22BrNO2/c1-2-7-18-13-6-4-3-5-11-12(17)10-14-16(15(11)13)20-9-8-19-14/h10,13,18H,2-9H2,1H3. The number of benzene rings is 1. The number of nitrogens with one attached hydrogen (secondary N) is 1. The predicted molar refractivity (Wildman–Crippen MR) is 83.7 cm³/mol. The summed E-state index contributed by atoms with van der Waals surface area (Å²) in [7, 11) is 0. The second-order valence-corrected chi connectivity index (χ2v) is 6.38. The van der Waals surface area contributed by atoms with Crippen LogP contribution in [0.1, 0.15) is 49.8 Å². The summed E-state index contributed by atoms with van der Waals surface area (Å²) in [6.07, 6.45) is 5.96. The molecular formula is C16H22BrNO2. The van der Waals surface area contributed by atoms with Crippen LogP contribution in [0.3, 0.4) is 0 Å². The van der Waals surface area contributed by atoms with Crippen LogP contribution in [0, 0.1) is 0 Å². The van der Waals surface area contributed by atoms with E-state index in [-0.39, 0.29) is 0 Å². The summed E-state index contributed by atoms with van der Waals surface area (Å²) >= 11 is 3.73. The van der Waals surface area contributed by atoms with E-state index in [1.54, 1.807) is 0 Å². The third kappa shape index (κ3) is 2.68. The van der Waals surface area contributed by atoms with Gasteiger partial charge in [0.25, 0.3) is 0 Å². The molecule has 20 heavy (non-hydrogen) atoms. The molecule has 1 aromatic carbocycles. The van der Waals surface area contributed by atoms with Gasteiger partial charge in [-0.2, -0.15) is 0 Å². The molecule has 110 valence electrons. The molecule has 1 unspecified atom stereocenters. The smallest absolute Gasteiger partial charge is 0.166 e. The molecule has 3 nitrogen and oxygen atoms in total. The molecule has 1 heterocycles. The fourth-order valence-electron chi connectivity index (χ4n) is 3.16. The lowest BCUT2D eigenvalue weighted by Crippen LogP contribution is -2.25. The lowest BCUT2D eigenvalue weighted by atomic mass is 9.96. The van der Waals surface area contributed by atoms with E-state index < -0.39 is 0 Å². The Labute approximate surface area is 129 Å². The van der Waals surface area contributed by atoms with Crippen molar-refractivity contribution >= 4 is 15.9 Å².